The van der Waals surface area contributed by atoms with Gasteiger partial charge in [0.05, 0.1) is 0 Å². The summed E-state index contributed by atoms with van der Waals surface area (Å²) in [7, 11) is 0. The van der Waals surface area contributed by atoms with Gasteiger partial charge >= 0.3 is 11.8 Å². The molecule has 6 nitrogen and oxygen atoms in total. The molecule has 21 heavy (non-hydrogen) atoms. The largest absolute Gasteiger partial charge is 0.344 e. The molecule has 1 fully saturated rings. The molecule has 1 aliphatic rings. The van der Waals surface area contributed by atoms with Crippen molar-refractivity contribution in [3.05, 3.63) is 34.9 Å². The van der Waals surface area contributed by atoms with Crippen molar-refractivity contribution in [3.63, 3.8) is 0 Å². The van der Waals surface area contributed by atoms with Gasteiger partial charge < -0.3 is 15.1 Å². The number of rotatable bonds is 3. The van der Waals surface area contributed by atoms with E-state index in [1.807, 2.05) is 6.07 Å². The van der Waals surface area contributed by atoms with Crippen LogP contribution in [0, 0.1) is 0 Å². The summed E-state index contributed by atoms with van der Waals surface area (Å²) in [5.74, 6) is -1.23. The van der Waals surface area contributed by atoms with Crippen LogP contribution in [0.25, 0.3) is 0 Å². The summed E-state index contributed by atoms with van der Waals surface area (Å²) in [6.07, 6.45) is 0.749. The van der Waals surface area contributed by atoms with Crippen molar-refractivity contribution in [1.29, 1.82) is 0 Å². The number of benzene rings is 1. The van der Waals surface area contributed by atoms with Crippen LogP contribution >= 0.6 is 11.6 Å². The van der Waals surface area contributed by atoms with Crippen molar-refractivity contribution in [2.45, 2.75) is 6.54 Å². The number of piperazine rings is 1. The minimum Gasteiger partial charge on any atom is -0.344 e. The van der Waals surface area contributed by atoms with Gasteiger partial charge in [-0.3, -0.25) is 14.4 Å². The highest BCUT2D eigenvalue weighted by atomic mass is 35.5. The van der Waals surface area contributed by atoms with Crippen molar-refractivity contribution in [1.82, 2.24) is 15.1 Å². The van der Waals surface area contributed by atoms with Crippen LogP contribution in [-0.2, 0) is 20.9 Å². The minimum absolute atomic E-state index is 0.207. The first-order chi connectivity index (χ1) is 10.1. The Morgan fingerprint density at radius 1 is 1.19 bits per heavy atom. The third-order valence-corrected chi connectivity index (χ3v) is 3.71. The Morgan fingerprint density at radius 2 is 1.86 bits per heavy atom. The van der Waals surface area contributed by atoms with Crippen LogP contribution in [0.4, 0.5) is 0 Å². The standard InChI is InChI=1S/C14H16ClN3O3/c15-12-4-2-1-3-11(12)9-16-13(20)14(21)18-7-5-17(10-19)6-8-18/h1-4,10H,5-9H2,(H,16,20). The van der Waals surface area contributed by atoms with E-state index >= 15 is 0 Å². The molecule has 0 spiro atoms. The van der Waals surface area contributed by atoms with Gasteiger partial charge in [0.25, 0.3) is 0 Å². The highest BCUT2D eigenvalue weighted by Crippen LogP contribution is 2.14. The lowest BCUT2D eigenvalue weighted by molar-refractivity contribution is -0.147. The number of carbonyl (C=O) groups is 3. The fraction of sp³-hybridized carbons (Fsp3) is 0.357. The summed E-state index contributed by atoms with van der Waals surface area (Å²) in [5.41, 5.74) is 0.756. The second-order valence-corrected chi connectivity index (χ2v) is 5.11. The van der Waals surface area contributed by atoms with Crippen LogP contribution in [0.1, 0.15) is 5.56 Å². The van der Waals surface area contributed by atoms with Gasteiger partial charge in [0.15, 0.2) is 0 Å². The lowest BCUT2D eigenvalue weighted by Gasteiger charge is -2.31. The monoisotopic (exact) mass is 309 g/mol. The third-order valence-electron chi connectivity index (χ3n) is 3.34. The number of hydrogen-bond donors (Lipinski definition) is 1. The predicted octanol–water partition coefficient (Wildman–Crippen LogP) is 0.257. The van der Waals surface area contributed by atoms with Crippen LogP contribution < -0.4 is 5.32 Å². The van der Waals surface area contributed by atoms with Gasteiger partial charge in [-0.05, 0) is 11.6 Å². The number of halogens is 1. The molecule has 1 N–H and O–H groups in total. The summed E-state index contributed by atoms with van der Waals surface area (Å²) < 4.78 is 0. The second kappa shape index (κ2) is 7.08. The molecule has 1 heterocycles. The lowest BCUT2D eigenvalue weighted by atomic mass is 10.2. The van der Waals surface area contributed by atoms with Gasteiger partial charge in [-0.25, -0.2) is 0 Å². The molecule has 0 saturated carbocycles. The van der Waals surface area contributed by atoms with E-state index in [9.17, 15) is 14.4 Å². The Bertz CT molecular complexity index is 542. The van der Waals surface area contributed by atoms with Gasteiger partial charge in [0.1, 0.15) is 0 Å². The van der Waals surface area contributed by atoms with Gasteiger partial charge in [-0.2, -0.15) is 0 Å². The summed E-state index contributed by atoms with van der Waals surface area (Å²) in [6.45, 7) is 1.85. The third kappa shape index (κ3) is 3.95. The van der Waals surface area contributed by atoms with E-state index in [-0.39, 0.29) is 6.54 Å². The maximum Gasteiger partial charge on any atom is 0.312 e. The smallest absolute Gasteiger partial charge is 0.312 e. The van der Waals surface area contributed by atoms with E-state index in [1.165, 1.54) is 4.90 Å². The molecular formula is C14H16ClN3O3. The summed E-state index contributed by atoms with van der Waals surface area (Å²) in [6, 6.07) is 7.12. The molecule has 1 saturated heterocycles. The highest BCUT2D eigenvalue weighted by molar-refractivity contribution is 6.35. The molecule has 0 aromatic heterocycles. The van der Waals surface area contributed by atoms with Crippen molar-refractivity contribution in [2.24, 2.45) is 0 Å². The molecule has 3 amide bonds. The van der Waals surface area contributed by atoms with Crippen molar-refractivity contribution >= 4 is 29.8 Å². The quantitative estimate of drug-likeness (QED) is 0.643. The van der Waals surface area contributed by atoms with Gasteiger partial charge in [0.2, 0.25) is 6.41 Å². The first-order valence-corrected chi connectivity index (χ1v) is 6.99. The molecular weight excluding hydrogens is 294 g/mol. The van der Waals surface area contributed by atoms with Crippen molar-refractivity contribution < 1.29 is 14.4 Å². The molecule has 0 bridgehead atoms. The normalized spacial score (nSPS) is 14.7. The molecule has 2 rings (SSSR count). The number of nitrogens with one attached hydrogen (secondary N) is 1. The Kier molecular flexibility index (Phi) is 5.16. The fourth-order valence-electron chi connectivity index (χ4n) is 2.07. The van der Waals surface area contributed by atoms with E-state index < -0.39 is 11.8 Å². The predicted molar refractivity (Wildman–Crippen MR) is 77.5 cm³/mol. The molecule has 0 aliphatic carbocycles. The SMILES string of the molecule is O=CN1CCN(C(=O)C(=O)NCc2ccccc2Cl)CC1. The van der Waals surface area contributed by atoms with Crippen LogP contribution in [0.3, 0.4) is 0 Å². The highest BCUT2D eigenvalue weighted by Gasteiger charge is 2.25. The Morgan fingerprint density at radius 3 is 2.48 bits per heavy atom. The first-order valence-electron chi connectivity index (χ1n) is 6.61. The van der Waals surface area contributed by atoms with E-state index in [1.54, 1.807) is 23.1 Å². The van der Waals surface area contributed by atoms with E-state index in [0.29, 0.717) is 31.2 Å². The number of nitrogens with zero attached hydrogens (tertiary/aromatic N) is 2. The molecule has 112 valence electrons. The van der Waals surface area contributed by atoms with Crippen LogP contribution in [0.5, 0.6) is 0 Å². The van der Waals surface area contributed by atoms with E-state index in [2.05, 4.69) is 5.32 Å². The summed E-state index contributed by atoms with van der Waals surface area (Å²) in [4.78, 5) is 37.4. The molecule has 0 atom stereocenters. The minimum atomic E-state index is -0.658. The second-order valence-electron chi connectivity index (χ2n) is 4.71. The van der Waals surface area contributed by atoms with Crippen molar-refractivity contribution in [3.8, 4) is 0 Å². The molecule has 7 heteroatoms. The Hall–Kier alpha value is -2.08. The molecule has 1 aromatic rings. The first kappa shape index (κ1) is 15.3. The average Bonchev–Trinajstić information content (AvgIpc) is 2.53. The zero-order valence-electron chi connectivity index (χ0n) is 11.4. The van der Waals surface area contributed by atoms with Gasteiger partial charge in [-0.1, -0.05) is 29.8 Å². The zero-order valence-corrected chi connectivity index (χ0v) is 12.2. The topological polar surface area (TPSA) is 69.7 Å². The van der Waals surface area contributed by atoms with Crippen LogP contribution in [0.2, 0.25) is 5.02 Å². The number of amides is 3. The fourth-order valence-corrected chi connectivity index (χ4v) is 2.27. The Balaban J connectivity index is 1.85. The molecule has 1 aromatic carbocycles. The summed E-state index contributed by atoms with van der Waals surface area (Å²) >= 11 is 5.98. The van der Waals surface area contributed by atoms with Gasteiger partial charge in [-0.15, -0.1) is 0 Å². The average molecular weight is 310 g/mol. The zero-order chi connectivity index (χ0) is 15.2. The molecule has 1 aliphatic heterocycles. The van der Waals surface area contributed by atoms with E-state index in [0.717, 1.165) is 12.0 Å². The van der Waals surface area contributed by atoms with Gasteiger partial charge in [0, 0.05) is 37.7 Å². The maximum atomic E-state index is 12.0. The number of carbonyl (C=O) groups excluding carboxylic acids is 3. The Labute approximate surface area is 127 Å². The molecule has 0 radical (unpaired) electrons. The van der Waals surface area contributed by atoms with Crippen LogP contribution in [-0.4, -0.2) is 54.2 Å². The molecule has 0 unspecified atom stereocenters. The summed E-state index contributed by atoms with van der Waals surface area (Å²) in [5, 5.41) is 3.11. The van der Waals surface area contributed by atoms with Crippen molar-refractivity contribution in [2.75, 3.05) is 26.2 Å². The maximum absolute atomic E-state index is 12.0. The lowest BCUT2D eigenvalue weighted by Crippen LogP contribution is -2.52. The van der Waals surface area contributed by atoms with Crippen LogP contribution in [0.15, 0.2) is 24.3 Å². The number of hydrogen-bond acceptors (Lipinski definition) is 3. The van der Waals surface area contributed by atoms with E-state index in [4.69, 9.17) is 11.6 Å².